The molecule has 1 N–H and O–H groups in total. The summed E-state index contributed by atoms with van der Waals surface area (Å²) in [6, 6.07) is 1.56. The molecular weight excluding hydrogens is 328 g/mol. The van der Waals surface area contributed by atoms with Crippen molar-refractivity contribution in [1.29, 1.82) is 0 Å². The SMILES string of the molecule is CCC1CCc2c(sc(NC(=O)c3cc(C)on3)c2C(=O)OC)C1. The van der Waals surface area contributed by atoms with Gasteiger partial charge in [-0.25, -0.2) is 4.79 Å². The first-order chi connectivity index (χ1) is 11.5. The average molecular weight is 348 g/mol. The summed E-state index contributed by atoms with van der Waals surface area (Å²) in [5.74, 6) is 0.393. The maximum Gasteiger partial charge on any atom is 0.341 e. The van der Waals surface area contributed by atoms with E-state index in [-0.39, 0.29) is 11.6 Å². The van der Waals surface area contributed by atoms with Gasteiger partial charge in [-0.3, -0.25) is 4.79 Å². The van der Waals surface area contributed by atoms with E-state index in [1.54, 1.807) is 13.0 Å². The van der Waals surface area contributed by atoms with Crippen LogP contribution in [0.2, 0.25) is 0 Å². The first-order valence-electron chi connectivity index (χ1n) is 8.01. The van der Waals surface area contributed by atoms with Crippen LogP contribution in [0.25, 0.3) is 0 Å². The topological polar surface area (TPSA) is 81.4 Å². The Morgan fingerprint density at radius 2 is 2.29 bits per heavy atom. The molecule has 0 radical (unpaired) electrons. The number of anilines is 1. The van der Waals surface area contributed by atoms with Gasteiger partial charge in [-0.1, -0.05) is 18.5 Å². The molecule has 7 heteroatoms. The van der Waals surface area contributed by atoms with Crippen LogP contribution in [-0.2, 0) is 17.6 Å². The number of aromatic nitrogens is 1. The molecule has 6 nitrogen and oxygen atoms in total. The Labute approximate surface area is 144 Å². The molecule has 2 aromatic heterocycles. The van der Waals surface area contributed by atoms with Gasteiger partial charge in [0.2, 0.25) is 0 Å². The van der Waals surface area contributed by atoms with Crippen molar-refractivity contribution in [3.63, 3.8) is 0 Å². The number of nitrogens with zero attached hydrogens (tertiary/aromatic N) is 1. The van der Waals surface area contributed by atoms with Gasteiger partial charge >= 0.3 is 5.97 Å². The number of thiophene rings is 1. The lowest BCUT2D eigenvalue weighted by atomic mass is 9.85. The summed E-state index contributed by atoms with van der Waals surface area (Å²) in [5, 5.41) is 7.05. The van der Waals surface area contributed by atoms with Crippen LogP contribution in [0.1, 0.15) is 56.8 Å². The van der Waals surface area contributed by atoms with Gasteiger partial charge in [-0.05, 0) is 37.7 Å². The first kappa shape index (κ1) is 16.7. The van der Waals surface area contributed by atoms with Crippen molar-refractivity contribution in [1.82, 2.24) is 5.16 Å². The molecule has 2 aromatic rings. The second kappa shape index (κ2) is 6.76. The Morgan fingerprint density at radius 1 is 1.50 bits per heavy atom. The lowest BCUT2D eigenvalue weighted by molar-refractivity contribution is 0.0601. The van der Waals surface area contributed by atoms with E-state index >= 15 is 0 Å². The molecule has 3 rings (SSSR count). The number of ether oxygens (including phenoxy) is 1. The molecule has 2 heterocycles. The molecule has 0 aromatic carbocycles. The van der Waals surface area contributed by atoms with Crippen LogP contribution < -0.4 is 5.32 Å². The van der Waals surface area contributed by atoms with E-state index in [2.05, 4.69) is 17.4 Å². The van der Waals surface area contributed by atoms with Crippen molar-refractivity contribution in [3.05, 3.63) is 33.5 Å². The van der Waals surface area contributed by atoms with Crippen LogP contribution in [0.4, 0.5) is 5.00 Å². The number of fused-ring (bicyclic) bond motifs is 1. The van der Waals surface area contributed by atoms with E-state index in [9.17, 15) is 9.59 Å². The minimum Gasteiger partial charge on any atom is -0.465 e. The molecule has 0 bridgehead atoms. The molecule has 1 aliphatic rings. The Bertz CT molecular complexity index is 778. The van der Waals surface area contributed by atoms with Crippen molar-refractivity contribution in [2.24, 2.45) is 5.92 Å². The highest BCUT2D eigenvalue weighted by atomic mass is 32.1. The van der Waals surface area contributed by atoms with Crippen LogP contribution in [0.5, 0.6) is 0 Å². The zero-order valence-electron chi connectivity index (χ0n) is 14.0. The Kier molecular flexibility index (Phi) is 4.71. The largest absolute Gasteiger partial charge is 0.465 e. The van der Waals surface area contributed by atoms with Crippen LogP contribution in [-0.4, -0.2) is 24.1 Å². The predicted octanol–water partition coefficient (Wildman–Crippen LogP) is 3.60. The van der Waals surface area contributed by atoms with Crippen molar-refractivity contribution in [3.8, 4) is 0 Å². The number of esters is 1. The fraction of sp³-hybridized carbons (Fsp3) is 0.471. The van der Waals surface area contributed by atoms with Gasteiger partial charge in [0.15, 0.2) is 5.69 Å². The first-order valence-corrected chi connectivity index (χ1v) is 8.82. The third-order valence-corrected chi connectivity index (χ3v) is 5.59. The van der Waals surface area contributed by atoms with Crippen molar-refractivity contribution in [2.75, 3.05) is 12.4 Å². The standard InChI is InChI=1S/C17H20N2O4S/c1-4-10-5-6-11-13(8-10)24-16(14(11)17(21)22-3)18-15(20)12-7-9(2)23-19-12/h7,10H,4-6,8H2,1-3H3,(H,18,20). The van der Waals surface area contributed by atoms with Gasteiger partial charge in [0.05, 0.1) is 12.7 Å². The predicted molar refractivity (Wildman–Crippen MR) is 90.7 cm³/mol. The second-order valence-corrected chi connectivity index (χ2v) is 7.10. The van der Waals surface area contributed by atoms with Gasteiger partial charge < -0.3 is 14.6 Å². The molecule has 1 atom stereocenters. The van der Waals surface area contributed by atoms with Crippen molar-refractivity contribution < 1.29 is 18.8 Å². The van der Waals surface area contributed by atoms with Gasteiger partial charge in [-0.15, -0.1) is 11.3 Å². The minimum atomic E-state index is -0.408. The summed E-state index contributed by atoms with van der Waals surface area (Å²) in [6.07, 6.45) is 3.96. The maximum atomic E-state index is 12.3. The van der Waals surface area contributed by atoms with E-state index in [0.29, 0.717) is 22.2 Å². The monoisotopic (exact) mass is 348 g/mol. The molecule has 0 saturated heterocycles. The number of carbonyl (C=O) groups excluding carboxylic acids is 2. The number of hydrogen-bond acceptors (Lipinski definition) is 6. The van der Waals surface area contributed by atoms with Gasteiger partial charge in [-0.2, -0.15) is 0 Å². The zero-order chi connectivity index (χ0) is 17.3. The molecule has 128 valence electrons. The second-order valence-electron chi connectivity index (χ2n) is 5.99. The van der Waals surface area contributed by atoms with E-state index in [0.717, 1.165) is 31.2 Å². The summed E-state index contributed by atoms with van der Waals surface area (Å²) >= 11 is 1.46. The molecule has 1 amide bonds. The molecule has 1 unspecified atom stereocenters. The summed E-state index contributed by atoms with van der Waals surface area (Å²) in [6.45, 7) is 3.90. The zero-order valence-corrected chi connectivity index (χ0v) is 14.8. The highest BCUT2D eigenvalue weighted by Crippen LogP contribution is 2.40. The average Bonchev–Trinajstić information content (AvgIpc) is 3.16. The van der Waals surface area contributed by atoms with E-state index in [1.807, 2.05) is 0 Å². The van der Waals surface area contributed by atoms with Crippen LogP contribution in [0.3, 0.4) is 0 Å². The van der Waals surface area contributed by atoms with E-state index in [4.69, 9.17) is 9.26 Å². The lowest BCUT2D eigenvalue weighted by Gasteiger charge is -2.20. The third kappa shape index (κ3) is 3.08. The van der Waals surface area contributed by atoms with Crippen LogP contribution in [0, 0.1) is 12.8 Å². The number of hydrogen-bond donors (Lipinski definition) is 1. The highest BCUT2D eigenvalue weighted by molar-refractivity contribution is 7.17. The Balaban J connectivity index is 1.93. The number of carbonyl (C=O) groups is 2. The number of amides is 1. The number of methoxy groups -OCH3 is 1. The van der Waals surface area contributed by atoms with Crippen LogP contribution >= 0.6 is 11.3 Å². The fourth-order valence-corrected chi connectivity index (χ4v) is 4.39. The Morgan fingerprint density at radius 3 is 2.92 bits per heavy atom. The Hall–Kier alpha value is -2.15. The van der Waals surface area contributed by atoms with Gasteiger partial charge in [0, 0.05) is 10.9 Å². The lowest BCUT2D eigenvalue weighted by Crippen LogP contribution is -2.16. The quantitative estimate of drug-likeness (QED) is 0.854. The molecule has 24 heavy (non-hydrogen) atoms. The smallest absolute Gasteiger partial charge is 0.341 e. The maximum absolute atomic E-state index is 12.3. The third-order valence-electron chi connectivity index (χ3n) is 4.42. The van der Waals surface area contributed by atoms with E-state index in [1.165, 1.54) is 23.3 Å². The number of rotatable bonds is 4. The summed E-state index contributed by atoms with van der Waals surface area (Å²) < 4.78 is 9.86. The molecule has 0 aliphatic heterocycles. The molecule has 0 fully saturated rings. The molecule has 0 spiro atoms. The van der Waals surface area contributed by atoms with Gasteiger partial charge in [0.1, 0.15) is 10.8 Å². The minimum absolute atomic E-state index is 0.195. The molecule has 1 aliphatic carbocycles. The fourth-order valence-electron chi connectivity index (χ4n) is 3.05. The highest BCUT2D eigenvalue weighted by Gasteiger charge is 2.30. The van der Waals surface area contributed by atoms with Crippen LogP contribution in [0.15, 0.2) is 10.6 Å². The molecule has 0 saturated carbocycles. The summed E-state index contributed by atoms with van der Waals surface area (Å²) in [4.78, 5) is 25.8. The number of aryl methyl sites for hydroxylation is 1. The van der Waals surface area contributed by atoms with E-state index < -0.39 is 5.97 Å². The van der Waals surface area contributed by atoms with Crippen molar-refractivity contribution in [2.45, 2.75) is 39.5 Å². The van der Waals surface area contributed by atoms with Crippen molar-refractivity contribution >= 4 is 28.2 Å². The summed E-state index contributed by atoms with van der Waals surface area (Å²) in [7, 11) is 1.36. The molecular formula is C17H20N2O4S. The van der Waals surface area contributed by atoms with Gasteiger partial charge in [0.25, 0.3) is 5.91 Å². The number of nitrogens with one attached hydrogen (secondary N) is 1. The normalized spacial score (nSPS) is 16.5. The summed E-state index contributed by atoms with van der Waals surface area (Å²) in [5.41, 5.74) is 1.70.